The van der Waals surface area contributed by atoms with Crippen molar-refractivity contribution in [3.05, 3.63) is 35.5 Å². The van der Waals surface area contributed by atoms with E-state index in [1.54, 1.807) is 17.5 Å². The van der Waals surface area contributed by atoms with E-state index in [9.17, 15) is 4.79 Å². The van der Waals surface area contributed by atoms with Crippen molar-refractivity contribution in [1.82, 2.24) is 19.8 Å². The second-order valence-electron chi connectivity index (χ2n) is 6.18. The number of amides is 1. The second kappa shape index (κ2) is 6.76. The lowest BCUT2D eigenvalue weighted by Gasteiger charge is -2.28. The maximum atomic E-state index is 12.6. The normalized spacial score (nSPS) is 21.1. The monoisotopic (exact) mass is 330 g/mol. The average molecular weight is 330 g/mol. The zero-order valence-electron chi connectivity index (χ0n) is 13.8. The summed E-state index contributed by atoms with van der Waals surface area (Å²) in [5, 5.41) is 2.83. The molecule has 1 aliphatic rings. The molecule has 0 aliphatic carbocycles. The third-order valence-corrected chi connectivity index (χ3v) is 5.38. The zero-order valence-corrected chi connectivity index (χ0v) is 14.6. The molecule has 1 fully saturated rings. The zero-order chi connectivity index (χ0) is 16.4. The number of likely N-dealkylation sites (tertiary alicyclic amines) is 1. The fourth-order valence-corrected chi connectivity index (χ4v) is 4.01. The quantitative estimate of drug-likeness (QED) is 0.863. The molecule has 6 heteroatoms. The van der Waals surface area contributed by atoms with Crippen LogP contribution >= 0.6 is 11.3 Å². The van der Waals surface area contributed by atoms with Crippen LogP contribution in [-0.4, -0.2) is 58.4 Å². The number of thiazole rings is 1. The summed E-state index contributed by atoms with van der Waals surface area (Å²) in [6.45, 7) is 2.97. The molecule has 122 valence electrons. The average Bonchev–Trinajstić information content (AvgIpc) is 3.15. The van der Waals surface area contributed by atoms with Gasteiger partial charge in [0.05, 0.1) is 17.8 Å². The Labute approximate surface area is 141 Å². The molecule has 2 aromatic rings. The van der Waals surface area contributed by atoms with E-state index in [4.69, 9.17) is 0 Å². The molecule has 0 radical (unpaired) electrons. The summed E-state index contributed by atoms with van der Waals surface area (Å²) in [4.78, 5) is 25.7. The molecule has 2 atom stereocenters. The minimum atomic E-state index is 0.166. The molecule has 5 nitrogen and oxygen atoms in total. The van der Waals surface area contributed by atoms with Crippen molar-refractivity contribution in [3.63, 3.8) is 0 Å². The van der Waals surface area contributed by atoms with Gasteiger partial charge in [-0.15, -0.1) is 11.3 Å². The summed E-state index contributed by atoms with van der Waals surface area (Å²) in [5.74, 6) is 0.166. The smallest absolute Gasteiger partial charge is 0.228 e. The van der Waals surface area contributed by atoms with Crippen molar-refractivity contribution < 1.29 is 4.79 Å². The van der Waals surface area contributed by atoms with Gasteiger partial charge >= 0.3 is 0 Å². The van der Waals surface area contributed by atoms with Gasteiger partial charge in [-0.2, -0.15) is 0 Å². The van der Waals surface area contributed by atoms with Crippen molar-refractivity contribution in [1.29, 1.82) is 0 Å². The van der Waals surface area contributed by atoms with Crippen LogP contribution in [0.25, 0.3) is 10.7 Å². The van der Waals surface area contributed by atoms with Crippen molar-refractivity contribution in [2.24, 2.45) is 0 Å². The minimum Gasteiger partial charge on any atom is -0.338 e. The molecule has 3 heterocycles. The number of nitrogens with zero attached hydrogens (tertiary/aromatic N) is 4. The number of likely N-dealkylation sites (N-methyl/N-ethyl adjacent to an activating group) is 1. The summed E-state index contributed by atoms with van der Waals surface area (Å²) >= 11 is 1.54. The molecule has 3 rings (SSSR count). The SMILES string of the molecule is C[C@H]1[C@H](N(C)C)CCN1C(=O)Cc1csc(-c2ccccn2)n1. The lowest BCUT2D eigenvalue weighted by atomic mass is 10.1. The fourth-order valence-electron chi connectivity index (χ4n) is 3.22. The summed E-state index contributed by atoms with van der Waals surface area (Å²) in [5.41, 5.74) is 1.69. The molecule has 0 bridgehead atoms. The molecule has 23 heavy (non-hydrogen) atoms. The van der Waals surface area contributed by atoms with Crippen LogP contribution in [0, 0.1) is 0 Å². The van der Waals surface area contributed by atoms with Crippen LogP contribution in [0.3, 0.4) is 0 Å². The van der Waals surface area contributed by atoms with Gasteiger partial charge < -0.3 is 9.80 Å². The minimum absolute atomic E-state index is 0.166. The summed E-state index contributed by atoms with van der Waals surface area (Å²) in [6, 6.07) is 6.47. The van der Waals surface area contributed by atoms with Gasteiger partial charge in [-0.25, -0.2) is 4.98 Å². The third-order valence-electron chi connectivity index (χ3n) is 4.47. The highest BCUT2D eigenvalue weighted by Crippen LogP contribution is 2.24. The molecule has 0 saturated carbocycles. The van der Waals surface area contributed by atoms with Gasteiger partial charge in [-0.1, -0.05) is 6.07 Å². The van der Waals surface area contributed by atoms with Crippen molar-refractivity contribution in [3.8, 4) is 10.7 Å². The molecular weight excluding hydrogens is 308 g/mol. The molecule has 1 aliphatic heterocycles. The molecule has 1 amide bonds. The van der Waals surface area contributed by atoms with Crippen LogP contribution in [0.2, 0.25) is 0 Å². The van der Waals surface area contributed by atoms with Crippen LogP contribution in [0.4, 0.5) is 0 Å². The van der Waals surface area contributed by atoms with E-state index in [1.807, 2.05) is 28.5 Å². The molecule has 0 unspecified atom stereocenters. The number of pyridine rings is 1. The number of rotatable bonds is 4. The van der Waals surface area contributed by atoms with Crippen LogP contribution in [0.5, 0.6) is 0 Å². The molecule has 0 spiro atoms. The largest absolute Gasteiger partial charge is 0.338 e. The van der Waals surface area contributed by atoms with Crippen LogP contribution in [-0.2, 0) is 11.2 Å². The Kier molecular flexibility index (Phi) is 4.73. The van der Waals surface area contributed by atoms with Gasteiger partial charge in [-0.05, 0) is 39.6 Å². The maximum Gasteiger partial charge on any atom is 0.228 e. The van der Waals surface area contributed by atoms with Crippen molar-refractivity contribution in [2.75, 3.05) is 20.6 Å². The van der Waals surface area contributed by atoms with Gasteiger partial charge in [0.2, 0.25) is 5.91 Å². The van der Waals surface area contributed by atoms with E-state index in [0.29, 0.717) is 12.5 Å². The Bertz CT molecular complexity index is 670. The molecule has 1 saturated heterocycles. The fraction of sp³-hybridized carbons (Fsp3) is 0.471. The Balaban J connectivity index is 1.66. The van der Waals surface area contributed by atoms with Gasteiger partial charge in [0, 0.05) is 30.2 Å². The highest BCUT2D eigenvalue weighted by atomic mass is 32.1. The number of hydrogen-bond donors (Lipinski definition) is 0. The van der Waals surface area contributed by atoms with Crippen molar-refractivity contribution >= 4 is 17.2 Å². The maximum absolute atomic E-state index is 12.6. The van der Waals surface area contributed by atoms with E-state index in [2.05, 4.69) is 35.9 Å². The Morgan fingerprint density at radius 1 is 1.43 bits per heavy atom. The van der Waals surface area contributed by atoms with E-state index in [1.165, 1.54) is 0 Å². The Hall–Kier alpha value is -1.79. The Morgan fingerprint density at radius 3 is 2.91 bits per heavy atom. The summed E-state index contributed by atoms with van der Waals surface area (Å²) in [7, 11) is 4.16. The standard InChI is InChI=1S/C17H22N4OS/c1-12-15(20(2)3)7-9-21(12)16(22)10-13-11-23-17(19-13)14-6-4-5-8-18-14/h4-6,8,11-12,15H,7,9-10H2,1-3H3/t12-,15+/m0/s1. The predicted octanol–water partition coefficient (Wildman–Crippen LogP) is 2.30. The predicted molar refractivity (Wildman–Crippen MR) is 92.3 cm³/mol. The third kappa shape index (κ3) is 3.43. The highest BCUT2D eigenvalue weighted by molar-refractivity contribution is 7.13. The molecule has 0 aromatic carbocycles. The van der Waals surface area contributed by atoms with Gasteiger partial charge in [0.15, 0.2) is 0 Å². The van der Waals surface area contributed by atoms with Gasteiger partial charge in [0.1, 0.15) is 5.01 Å². The lowest BCUT2D eigenvalue weighted by Crippen LogP contribution is -2.42. The van der Waals surface area contributed by atoms with Crippen LogP contribution in [0.1, 0.15) is 19.0 Å². The summed E-state index contributed by atoms with van der Waals surface area (Å²) < 4.78 is 0. The summed E-state index contributed by atoms with van der Waals surface area (Å²) in [6.07, 6.45) is 3.17. The highest BCUT2D eigenvalue weighted by Gasteiger charge is 2.34. The number of carbonyl (C=O) groups is 1. The first-order valence-electron chi connectivity index (χ1n) is 7.88. The lowest BCUT2D eigenvalue weighted by molar-refractivity contribution is -0.131. The van der Waals surface area contributed by atoms with Crippen LogP contribution in [0.15, 0.2) is 29.8 Å². The molecular formula is C17H22N4OS. The van der Waals surface area contributed by atoms with E-state index in [0.717, 1.165) is 29.4 Å². The first-order chi connectivity index (χ1) is 11.1. The second-order valence-corrected chi connectivity index (χ2v) is 7.04. The Morgan fingerprint density at radius 2 is 2.26 bits per heavy atom. The number of carbonyl (C=O) groups excluding carboxylic acids is 1. The molecule has 2 aromatic heterocycles. The number of aromatic nitrogens is 2. The molecule has 0 N–H and O–H groups in total. The van der Waals surface area contributed by atoms with E-state index in [-0.39, 0.29) is 11.9 Å². The van der Waals surface area contributed by atoms with E-state index >= 15 is 0 Å². The number of hydrogen-bond acceptors (Lipinski definition) is 5. The topological polar surface area (TPSA) is 49.3 Å². The van der Waals surface area contributed by atoms with Gasteiger partial charge in [-0.3, -0.25) is 9.78 Å². The van der Waals surface area contributed by atoms with Crippen LogP contribution < -0.4 is 0 Å². The van der Waals surface area contributed by atoms with Gasteiger partial charge in [0.25, 0.3) is 0 Å². The van der Waals surface area contributed by atoms with E-state index < -0.39 is 0 Å². The first-order valence-corrected chi connectivity index (χ1v) is 8.76. The van der Waals surface area contributed by atoms with Crippen molar-refractivity contribution in [2.45, 2.75) is 31.8 Å². The first kappa shape index (κ1) is 16.1.